The normalized spacial score (nSPS) is 14.9. The van der Waals surface area contributed by atoms with Crippen molar-refractivity contribution >= 4 is 17.5 Å². The Balaban J connectivity index is 1.53. The summed E-state index contributed by atoms with van der Waals surface area (Å²) in [6.45, 7) is 7.08. The summed E-state index contributed by atoms with van der Waals surface area (Å²) in [5.41, 5.74) is 2.23. The molecule has 0 unspecified atom stereocenters. The van der Waals surface area contributed by atoms with E-state index in [1.807, 2.05) is 31.2 Å². The minimum absolute atomic E-state index is 0.248. The van der Waals surface area contributed by atoms with Crippen LogP contribution in [0.2, 0.25) is 0 Å². The minimum atomic E-state index is -0.248. The number of morpholine rings is 1. The van der Waals surface area contributed by atoms with Gasteiger partial charge < -0.3 is 15.4 Å². The second-order valence-electron chi connectivity index (χ2n) is 5.97. The van der Waals surface area contributed by atoms with Crippen molar-refractivity contribution in [2.24, 2.45) is 0 Å². The zero-order chi connectivity index (χ0) is 17.5. The van der Waals surface area contributed by atoms with Gasteiger partial charge in [-0.1, -0.05) is 17.7 Å². The molecule has 2 aromatic rings. The molecule has 0 spiro atoms. The zero-order valence-corrected chi connectivity index (χ0v) is 14.4. The summed E-state index contributed by atoms with van der Waals surface area (Å²) in [5, 5.41) is 6.02. The van der Waals surface area contributed by atoms with E-state index >= 15 is 0 Å². The van der Waals surface area contributed by atoms with E-state index in [2.05, 4.69) is 25.5 Å². The number of nitrogens with one attached hydrogen (secondary N) is 2. The van der Waals surface area contributed by atoms with Gasteiger partial charge in [-0.3, -0.25) is 9.69 Å². The van der Waals surface area contributed by atoms with Crippen LogP contribution < -0.4 is 10.6 Å². The number of rotatable bonds is 6. The van der Waals surface area contributed by atoms with Crippen molar-refractivity contribution < 1.29 is 9.53 Å². The molecule has 1 fully saturated rings. The second-order valence-corrected chi connectivity index (χ2v) is 5.97. The Morgan fingerprint density at radius 3 is 2.72 bits per heavy atom. The molecule has 25 heavy (non-hydrogen) atoms. The van der Waals surface area contributed by atoms with Crippen molar-refractivity contribution in [1.82, 2.24) is 14.9 Å². The van der Waals surface area contributed by atoms with E-state index in [0.717, 1.165) is 50.6 Å². The summed E-state index contributed by atoms with van der Waals surface area (Å²) in [5.74, 6) is 0.215. The number of hydrogen-bond acceptors (Lipinski definition) is 6. The minimum Gasteiger partial charge on any atom is -0.379 e. The van der Waals surface area contributed by atoms with E-state index in [-0.39, 0.29) is 5.91 Å². The maximum atomic E-state index is 12.3. The van der Waals surface area contributed by atoms with Crippen LogP contribution in [0, 0.1) is 6.92 Å². The topological polar surface area (TPSA) is 79.4 Å². The Labute approximate surface area is 147 Å². The smallest absolute Gasteiger partial charge is 0.274 e. The summed E-state index contributed by atoms with van der Waals surface area (Å²) < 4.78 is 5.33. The third-order valence-corrected chi connectivity index (χ3v) is 4.01. The Hall–Kier alpha value is -2.51. The molecule has 1 amide bonds. The molecular formula is C18H23N5O2. The lowest BCUT2D eigenvalue weighted by Gasteiger charge is -2.26. The standard InChI is InChI=1S/C18H23N5O2/c1-14-2-4-15(5-3-14)21-17(24)16-6-7-19-18(22-16)20-8-9-23-10-12-25-13-11-23/h2-7H,8-13H2,1H3,(H,21,24)(H,19,20,22). The Morgan fingerprint density at radius 1 is 1.20 bits per heavy atom. The molecule has 2 N–H and O–H groups in total. The highest BCUT2D eigenvalue weighted by Crippen LogP contribution is 2.10. The van der Waals surface area contributed by atoms with Gasteiger partial charge in [-0.05, 0) is 25.1 Å². The first kappa shape index (κ1) is 17.3. The molecular weight excluding hydrogens is 318 g/mol. The molecule has 2 heterocycles. The monoisotopic (exact) mass is 341 g/mol. The van der Waals surface area contributed by atoms with E-state index in [0.29, 0.717) is 11.6 Å². The number of ether oxygens (including phenoxy) is 1. The van der Waals surface area contributed by atoms with Crippen molar-refractivity contribution in [3.8, 4) is 0 Å². The predicted molar refractivity (Wildman–Crippen MR) is 96.9 cm³/mol. The number of aryl methyl sites for hydroxylation is 1. The molecule has 132 valence electrons. The van der Waals surface area contributed by atoms with Crippen molar-refractivity contribution in [1.29, 1.82) is 0 Å². The lowest BCUT2D eigenvalue weighted by atomic mass is 10.2. The predicted octanol–water partition coefficient (Wildman–Crippen LogP) is 1.78. The van der Waals surface area contributed by atoms with Crippen LogP contribution in [0.1, 0.15) is 16.1 Å². The summed E-state index contributed by atoms with van der Waals surface area (Å²) in [7, 11) is 0. The average Bonchev–Trinajstić information content (AvgIpc) is 2.65. The molecule has 0 radical (unpaired) electrons. The van der Waals surface area contributed by atoms with Crippen LogP contribution in [-0.2, 0) is 4.74 Å². The van der Waals surface area contributed by atoms with Gasteiger partial charge >= 0.3 is 0 Å². The van der Waals surface area contributed by atoms with Gasteiger partial charge in [0.15, 0.2) is 0 Å². The fourth-order valence-corrected chi connectivity index (χ4v) is 2.55. The Bertz CT molecular complexity index is 699. The van der Waals surface area contributed by atoms with E-state index in [4.69, 9.17) is 4.74 Å². The van der Waals surface area contributed by atoms with Gasteiger partial charge in [-0.2, -0.15) is 0 Å². The highest BCUT2D eigenvalue weighted by molar-refractivity contribution is 6.02. The summed E-state index contributed by atoms with van der Waals surface area (Å²) in [6.07, 6.45) is 1.59. The number of carbonyl (C=O) groups is 1. The van der Waals surface area contributed by atoms with Gasteiger partial charge in [-0.25, -0.2) is 9.97 Å². The van der Waals surface area contributed by atoms with Gasteiger partial charge in [-0.15, -0.1) is 0 Å². The maximum Gasteiger partial charge on any atom is 0.274 e. The maximum absolute atomic E-state index is 12.3. The summed E-state index contributed by atoms with van der Waals surface area (Å²) >= 11 is 0. The van der Waals surface area contributed by atoms with Crippen molar-refractivity contribution in [3.63, 3.8) is 0 Å². The molecule has 1 aromatic carbocycles. The fraction of sp³-hybridized carbons (Fsp3) is 0.389. The average molecular weight is 341 g/mol. The van der Waals surface area contributed by atoms with Crippen molar-refractivity contribution in [2.45, 2.75) is 6.92 Å². The highest BCUT2D eigenvalue weighted by Gasteiger charge is 2.11. The SMILES string of the molecule is Cc1ccc(NC(=O)c2ccnc(NCCN3CCOCC3)n2)cc1. The second kappa shape index (κ2) is 8.55. The molecule has 0 bridgehead atoms. The first-order valence-corrected chi connectivity index (χ1v) is 8.46. The van der Waals surface area contributed by atoms with E-state index in [1.54, 1.807) is 12.3 Å². The quantitative estimate of drug-likeness (QED) is 0.834. The number of amides is 1. The molecule has 7 nitrogen and oxygen atoms in total. The van der Waals surface area contributed by atoms with Gasteiger partial charge in [0.2, 0.25) is 5.95 Å². The largest absolute Gasteiger partial charge is 0.379 e. The molecule has 7 heteroatoms. The van der Waals surface area contributed by atoms with Crippen molar-refractivity contribution in [2.75, 3.05) is 50.0 Å². The number of nitrogens with zero attached hydrogens (tertiary/aromatic N) is 3. The summed E-state index contributed by atoms with van der Waals surface area (Å²) in [6, 6.07) is 9.25. The number of carbonyl (C=O) groups excluding carboxylic acids is 1. The lowest BCUT2D eigenvalue weighted by Crippen LogP contribution is -2.39. The van der Waals surface area contributed by atoms with Crippen LogP contribution in [0.15, 0.2) is 36.5 Å². The molecule has 1 saturated heterocycles. The molecule has 1 aromatic heterocycles. The van der Waals surface area contributed by atoms with Crippen LogP contribution in [0.25, 0.3) is 0 Å². The van der Waals surface area contributed by atoms with Crippen LogP contribution in [0.5, 0.6) is 0 Å². The zero-order valence-electron chi connectivity index (χ0n) is 14.4. The van der Waals surface area contributed by atoms with Gasteiger partial charge in [0.05, 0.1) is 13.2 Å². The van der Waals surface area contributed by atoms with Gasteiger partial charge in [0.25, 0.3) is 5.91 Å². The Morgan fingerprint density at radius 2 is 1.96 bits per heavy atom. The lowest BCUT2D eigenvalue weighted by molar-refractivity contribution is 0.0398. The van der Waals surface area contributed by atoms with Gasteiger partial charge in [0.1, 0.15) is 5.69 Å². The number of anilines is 2. The van der Waals surface area contributed by atoms with E-state index < -0.39 is 0 Å². The fourth-order valence-electron chi connectivity index (χ4n) is 2.55. The molecule has 1 aliphatic rings. The third-order valence-electron chi connectivity index (χ3n) is 4.01. The first-order chi connectivity index (χ1) is 12.2. The third kappa shape index (κ3) is 5.23. The molecule has 0 saturated carbocycles. The van der Waals surface area contributed by atoms with Crippen molar-refractivity contribution in [3.05, 3.63) is 47.8 Å². The molecule has 3 rings (SSSR count). The van der Waals surface area contributed by atoms with Crippen LogP contribution in [-0.4, -0.2) is 60.2 Å². The van der Waals surface area contributed by atoms with Crippen LogP contribution in [0.3, 0.4) is 0 Å². The van der Waals surface area contributed by atoms with E-state index in [9.17, 15) is 4.79 Å². The Kier molecular flexibility index (Phi) is 5.92. The summed E-state index contributed by atoms with van der Waals surface area (Å²) in [4.78, 5) is 23.1. The van der Waals surface area contributed by atoms with Gasteiger partial charge in [0, 0.05) is 38.1 Å². The van der Waals surface area contributed by atoms with Crippen LogP contribution >= 0.6 is 0 Å². The number of benzene rings is 1. The molecule has 0 aliphatic carbocycles. The van der Waals surface area contributed by atoms with E-state index in [1.165, 1.54) is 0 Å². The highest BCUT2D eigenvalue weighted by atomic mass is 16.5. The number of hydrogen-bond donors (Lipinski definition) is 2. The molecule has 0 atom stereocenters. The first-order valence-electron chi connectivity index (χ1n) is 8.46. The molecule has 1 aliphatic heterocycles. The van der Waals surface area contributed by atoms with Crippen LogP contribution in [0.4, 0.5) is 11.6 Å². The number of aromatic nitrogens is 2.